The van der Waals surface area contributed by atoms with Gasteiger partial charge in [-0.05, 0) is 155 Å². The fourth-order valence-corrected chi connectivity index (χ4v) is 11.9. The second-order valence-corrected chi connectivity index (χ2v) is 17.7. The van der Waals surface area contributed by atoms with Crippen LogP contribution in [-0.2, 0) is 16.2 Å². The maximum absolute atomic E-state index is 2.63. The fraction of sp³-hybridized carbons (Fsp3) is 0.375. The molecule has 6 aliphatic carbocycles. The van der Waals surface area contributed by atoms with Crippen LogP contribution in [0, 0.1) is 23.7 Å². The molecule has 6 aliphatic rings. The highest BCUT2D eigenvalue weighted by Gasteiger charge is 2.62. The van der Waals surface area contributed by atoms with Gasteiger partial charge in [-0.3, -0.25) is 0 Å². The maximum Gasteiger partial charge on any atom is 0.0543 e. The van der Waals surface area contributed by atoms with Gasteiger partial charge in [0, 0.05) is 22.4 Å². The Hall–Kier alpha value is -4.10. The summed E-state index contributed by atoms with van der Waals surface area (Å²) in [5, 5.41) is 0. The smallest absolute Gasteiger partial charge is 0.0543 e. The van der Waals surface area contributed by atoms with Crippen LogP contribution >= 0.6 is 0 Å². The molecule has 0 heterocycles. The highest BCUT2D eigenvalue weighted by Crippen LogP contribution is 2.70. The van der Waals surface area contributed by atoms with Crippen LogP contribution in [0.4, 0.5) is 17.1 Å². The summed E-state index contributed by atoms with van der Waals surface area (Å²) in [6, 6.07) is 44.6. The number of hydrogen-bond acceptors (Lipinski definition) is 1. The van der Waals surface area contributed by atoms with Crippen LogP contribution in [0.25, 0.3) is 22.3 Å². The van der Waals surface area contributed by atoms with Gasteiger partial charge in [-0.1, -0.05) is 107 Å². The number of nitrogens with zero attached hydrogens (tertiary/aromatic N) is 1. The summed E-state index contributed by atoms with van der Waals surface area (Å²) < 4.78 is 0. The lowest BCUT2D eigenvalue weighted by Crippen LogP contribution is -2.55. The molecule has 0 saturated heterocycles. The van der Waals surface area contributed by atoms with E-state index in [1.807, 2.05) is 0 Å². The van der Waals surface area contributed by atoms with E-state index in [1.165, 1.54) is 95.4 Å². The molecule has 1 heteroatoms. The van der Waals surface area contributed by atoms with E-state index in [0.29, 0.717) is 0 Å². The number of fused-ring (bicyclic) bond motifs is 4. The predicted molar refractivity (Wildman–Crippen MR) is 205 cm³/mol. The molecule has 1 spiro atoms. The molecule has 5 aromatic rings. The molecule has 4 bridgehead atoms. The molecular weight excluding hydrogens is 591 g/mol. The molecule has 246 valence electrons. The van der Waals surface area contributed by atoms with Crippen LogP contribution in [0.15, 0.2) is 115 Å². The van der Waals surface area contributed by atoms with Gasteiger partial charge >= 0.3 is 0 Å². The molecule has 0 aromatic heterocycles. The largest absolute Gasteiger partial charge is 0.310 e. The molecule has 11 rings (SSSR count). The highest BCUT2D eigenvalue weighted by atomic mass is 15.1. The predicted octanol–water partition coefficient (Wildman–Crippen LogP) is 12.9. The van der Waals surface area contributed by atoms with Crippen LogP contribution in [0.1, 0.15) is 94.9 Å². The Morgan fingerprint density at radius 2 is 1.14 bits per heavy atom. The summed E-state index contributed by atoms with van der Waals surface area (Å²) in [5.74, 6) is 3.29. The van der Waals surface area contributed by atoms with E-state index < -0.39 is 0 Å². The average molecular weight is 640 g/mol. The second-order valence-electron chi connectivity index (χ2n) is 17.7. The van der Waals surface area contributed by atoms with Crippen molar-refractivity contribution < 1.29 is 0 Å². The van der Waals surface area contributed by atoms with Crippen molar-refractivity contribution in [2.24, 2.45) is 23.7 Å². The molecule has 0 amide bonds. The van der Waals surface area contributed by atoms with E-state index >= 15 is 0 Å². The third-order valence-electron chi connectivity index (χ3n) is 14.1. The average Bonchev–Trinajstić information content (AvgIpc) is 3.41. The molecule has 4 fully saturated rings. The van der Waals surface area contributed by atoms with Crippen molar-refractivity contribution in [3.8, 4) is 22.3 Å². The van der Waals surface area contributed by atoms with Crippen LogP contribution in [-0.4, -0.2) is 0 Å². The van der Waals surface area contributed by atoms with Gasteiger partial charge < -0.3 is 4.90 Å². The minimum atomic E-state index is 0.100. The van der Waals surface area contributed by atoms with Gasteiger partial charge in [-0.15, -0.1) is 0 Å². The highest BCUT2D eigenvalue weighted by molar-refractivity contribution is 5.96. The van der Waals surface area contributed by atoms with E-state index in [1.54, 1.807) is 11.1 Å². The quantitative estimate of drug-likeness (QED) is 0.189. The van der Waals surface area contributed by atoms with E-state index in [2.05, 4.69) is 148 Å². The van der Waals surface area contributed by atoms with Gasteiger partial charge in [-0.2, -0.15) is 0 Å². The number of anilines is 3. The maximum atomic E-state index is 2.63. The number of rotatable bonds is 4. The first-order valence-corrected chi connectivity index (χ1v) is 19.1. The van der Waals surface area contributed by atoms with Crippen LogP contribution in [0.5, 0.6) is 0 Å². The van der Waals surface area contributed by atoms with Crippen molar-refractivity contribution in [1.29, 1.82) is 0 Å². The first kappa shape index (κ1) is 29.8. The Morgan fingerprint density at radius 3 is 1.84 bits per heavy atom. The summed E-state index contributed by atoms with van der Waals surface area (Å²) in [6.45, 7) is 9.78. The third-order valence-corrected chi connectivity index (χ3v) is 14.1. The Balaban J connectivity index is 1.23. The molecule has 0 atom stereocenters. The monoisotopic (exact) mass is 639 g/mol. The minimum absolute atomic E-state index is 0.100. The van der Waals surface area contributed by atoms with Gasteiger partial charge in [-0.25, -0.2) is 0 Å². The van der Waals surface area contributed by atoms with E-state index in [0.717, 1.165) is 23.7 Å². The summed E-state index contributed by atoms with van der Waals surface area (Å²) in [5.41, 5.74) is 16.2. The zero-order valence-corrected chi connectivity index (χ0v) is 29.7. The summed E-state index contributed by atoms with van der Waals surface area (Å²) in [7, 11) is 0. The Labute approximate surface area is 293 Å². The summed E-state index contributed by atoms with van der Waals surface area (Å²) >= 11 is 0. The Morgan fingerprint density at radius 1 is 0.490 bits per heavy atom. The molecule has 1 nitrogen and oxygen atoms in total. The van der Waals surface area contributed by atoms with Gasteiger partial charge in [0.15, 0.2) is 0 Å². The van der Waals surface area contributed by atoms with Crippen molar-refractivity contribution in [2.75, 3.05) is 4.90 Å². The van der Waals surface area contributed by atoms with Crippen molar-refractivity contribution in [3.63, 3.8) is 0 Å². The van der Waals surface area contributed by atoms with Crippen LogP contribution in [0.3, 0.4) is 0 Å². The molecule has 0 N–H and O–H groups in total. The zero-order chi connectivity index (χ0) is 33.1. The standard InChI is InChI=1S/C48H49N/c1-46(2)22-23-47(3,4)43-30-38(19-21-40(43)46)49(37-14-9-6-10-15-37)44-17-11-16-41-45(44)39-20-18-34(33-12-7-5-8-13-33)29-42(39)48(41)35-25-31-24-32(27-35)28-36(48)26-31/h5-21,29-32,35-36H,22-28H2,1-4H3. The Bertz CT molecular complexity index is 2060. The summed E-state index contributed by atoms with van der Waals surface area (Å²) in [4.78, 5) is 2.60. The third kappa shape index (κ3) is 4.24. The first-order chi connectivity index (χ1) is 23.7. The topological polar surface area (TPSA) is 3.24 Å². The van der Waals surface area contributed by atoms with Crippen LogP contribution < -0.4 is 4.90 Å². The van der Waals surface area contributed by atoms with Gasteiger partial charge in [0.05, 0.1) is 5.69 Å². The fourth-order valence-electron chi connectivity index (χ4n) is 11.9. The lowest BCUT2D eigenvalue weighted by atomic mass is 9.43. The van der Waals surface area contributed by atoms with E-state index in [-0.39, 0.29) is 16.2 Å². The van der Waals surface area contributed by atoms with Gasteiger partial charge in [0.25, 0.3) is 0 Å². The summed E-state index contributed by atoms with van der Waals surface area (Å²) in [6.07, 6.45) is 9.49. The van der Waals surface area contributed by atoms with E-state index in [4.69, 9.17) is 0 Å². The number of hydrogen-bond donors (Lipinski definition) is 0. The van der Waals surface area contributed by atoms with Crippen molar-refractivity contribution >= 4 is 17.1 Å². The number of para-hydroxylation sites is 1. The number of benzene rings is 5. The van der Waals surface area contributed by atoms with Gasteiger partial charge in [0.2, 0.25) is 0 Å². The Kier molecular flexibility index (Phi) is 6.36. The normalized spacial score (nSPS) is 27.8. The second kappa shape index (κ2) is 10.5. The molecular formula is C48H49N. The SMILES string of the molecule is CC1(C)CCC(C)(C)c2cc(N(c3ccccc3)c3cccc4c3-c3ccc(-c5ccccc5)cc3C43C4CC5CC(C4)CC3C5)ccc21. The lowest BCUT2D eigenvalue weighted by molar-refractivity contribution is -0.0399. The first-order valence-electron chi connectivity index (χ1n) is 19.1. The van der Waals surface area contributed by atoms with Crippen molar-refractivity contribution in [3.05, 3.63) is 138 Å². The van der Waals surface area contributed by atoms with E-state index in [9.17, 15) is 0 Å². The molecule has 0 unspecified atom stereocenters. The molecule has 5 aromatic carbocycles. The minimum Gasteiger partial charge on any atom is -0.310 e. The molecule has 49 heavy (non-hydrogen) atoms. The van der Waals surface area contributed by atoms with Crippen LogP contribution in [0.2, 0.25) is 0 Å². The lowest BCUT2D eigenvalue weighted by Gasteiger charge is -2.61. The van der Waals surface area contributed by atoms with Gasteiger partial charge in [0.1, 0.15) is 0 Å². The molecule has 0 aliphatic heterocycles. The van der Waals surface area contributed by atoms with Crippen molar-refractivity contribution in [1.82, 2.24) is 0 Å². The molecule has 0 radical (unpaired) electrons. The molecule has 4 saturated carbocycles. The zero-order valence-electron chi connectivity index (χ0n) is 29.7. The van der Waals surface area contributed by atoms with Crippen molar-refractivity contribution in [2.45, 2.75) is 88.9 Å².